The van der Waals surface area contributed by atoms with Crippen molar-refractivity contribution < 1.29 is 19.0 Å². The van der Waals surface area contributed by atoms with E-state index in [2.05, 4.69) is 9.84 Å². The first-order valence-electron chi connectivity index (χ1n) is 7.22. The van der Waals surface area contributed by atoms with E-state index in [-0.39, 0.29) is 12.1 Å². The zero-order chi connectivity index (χ0) is 16.2. The number of carbonyl (C=O) groups is 1. The summed E-state index contributed by atoms with van der Waals surface area (Å²) in [6, 6.07) is 8.44. The van der Waals surface area contributed by atoms with Gasteiger partial charge < -0.3 is 14.2 Å². The molecule has 0 bridgehead atoms. The Labute approximate surface area is 132 Å². The summed E-state index contributed by atoms with van der Waals surface area (Å²) < 4.78 is 16.9. The average molecular weight is 316 g/mol. The molecule has 0 spiro atoms. The highest BCUT2D eigenvalue weighted by molar-refractivity contribution is 5.69. The number of benzene rings is 1. The highest BCUT2D eigenvalue weighted by atomic mass is 16.5. The van der Waals surface area contributed by atoms with Gasteiger partial charge in [0.05, 0.1) is 26.0 Å². The van der Waals surface area contributed by atoms with Gasteiger partial charge in [0.15, 0.2) is 11.5 Å². The van der Waals surface area contributed by atoms with E-state index in [1.54, 1.807) is 6.07 Å². The van der Waals surface area contributed by atoms with Crippen LogP contribution in [-0.2, 0) is 16.1 Å². The number of hydrogen-bond donors (Lipinski definition) is 0. The van der Waals surface area contributed by atoms with Crippen molar-refractivity contribution >= 4 is 5.97 Å². The Morgan fingerprint density at radius 2 is 2.00 bits per heavy atom. The molecular formula is C16H16N2O5. The fraction of sp³-hybridized carbons (Fsp3) is 0.312. The van der Waals surface area contributed by atoms with Crippen LogP contribution in [0.2, 0.25) is 0 Å². The highest BCUT2D eigenvalue weighted by Gasteiger charge is 2.13. The number of aromatic nitrogens is 2. The number of nitrogens with zero attached hydrogens (tertiary/aromatic N) is 2. The lowest BCUT2D eigenvalue weighted by Crippen LogP contribution is -2.26. The number of hydrogen-bond acceptors (Lipinski definition) is 6. The third kappa shape index (κ3) is 3.33. The van der Waals surface area contributed by atoms with Gasteiger partial charge in [0.2, 0.25) is 0 Å². The van der Waals surface area contributed by atoms with Crippen LogP contribution < -0.4 is 15.0 Å². The number of esters is 1. The van der Waals surface area contributed by atoms with Crippen LogP contribution in [0.4, 0.5) is 0 Å². The topological polar surface area (TPSA) is 79.7 Å². The van der Waals surface area contributed by atoms with E-state index >= 15 is 0 Å². The molecule has 120 valence electrons. The lowest BCUT2D eigenvalue weighted by molar-refractivity contribution is -0.141. The first kappa shape index (κ1) is 15.1. The molecule has 0 saturated heterocycles. The Balaban J connectivity index is 1.95. The molecule has 2 heterocycles. The molecule has 0 saturated carbocycles. The van der Waals surface area contributed by atoms with Gasteiger partial charge in [-0.25, -0.2) is 4.68 Å². The number of rotatable bonds is 3. The maximum absolute atomic E-state index is 11.8. The van der Waals surface area contributed by atoms with E-state index in [1.165, 1.54) is 13.2 Å². The Morgan fingerprint density at radius 3 is 2.78 bits per heavy atom. The number of fused-ring (bicyclic) bond motifs is 1. The van der Waals surface area contributed by atoms with Crippen LogP contribution in [0.1, 0.15) is 6.42 Å². The summed E-state index contributed by atoms with van der Waals surface area (Å²) >= 11 is 0. The van der Waals surface area contributed by atoms with E-state index in [9.17, 15) is 9.59 Å². The molecule has 0 fully saturated rings. The van der Waals surface area contributed by atoms with Crippen molar-refractivity contribution in [3.63, 3.8) is 0 Å². The number of ether oxygens (including phenoxy) is 3. The summed E-state index contributed by atoms with van der Waals surface area (Å²) in [7, 11) is 1.26. The van der Waals surface area contributed by atoms with E-state index < -0.39 is 5.97 Å². The largest absolute Gasteiger partial charge is 0.490 e. The van der Waals surface area contributed by atoms with Gasteiger partial charge >= 0.3 is 5.97 Å². The van der Waals surface area contributed by atoms with Crippen molar-refractivity contribution in [1.82, 2.24) is 9.78 Å². The van der Waals surface area contributed by atoms with Crippen molar-refractivity contribution in [3.8, 4) is 22.8 Å². The van der Waals surface area contributed by atoms with E-state index in [4.69, 9.17) is 9.47 Å². The predicted octanol–water partition coefficient (Wildman–Crippen LogP) is 1.24. The molecule has 3 rings (SSSR count). The monoisotopic (exact) mass is 316 g/mol. The summed E-state index contributed by atoms with van der Waals surface area (Å²) in [5.74, 6) is 0.803. The van der Waals surface area contributed by atoms with Crippen LogP contribution in [0, 0.1) is 0 Å². The van der Waals surface area contributed by atoms with Gasteiger partial charge in [-0.05, 0) is 24.3 Å². The molecular weight excluding hydrogens is 300 g/mol. The third-order valence-electron chi connectivity index (χ3n) is 3.42. The van der Waals surface area contributed by atoms with Crippen molar-refractivity contribution in [2.24, 2.45) is 0 Å². The van der Waals surface area contributed by atoms with Gasteiger partial charge in [-0.3, -0.25) is 9.59 Å². The zero-order valence-corrected chi connectivity index (χ0v) is 12.7. The Bertz CT molecular complexity index is 784. The molecule has 0 unspecified atom stereocenters. The smallest absolute Gasteiger partial charge is 0.327 e. The first-order chi connectivity index (χ1) is 11.2. The van der Waals surface area contributed by atoms with Gasteiger partial charge in [0.25, 0.3) is 5.56 Å². The van der Waals surface area contributed by atoms with Crippen molar-refractivity contribution in [2.75, 3.05) is 20.3 Å². The molecule has 1 aliphatic rings. The zero-order valence-electron chi connectivity index (χ0n) is 12.7. The number of carbonyl (C=O) groups excluding carboxylic acids is 1. The molecule has 23 heavy (non-hydrogen) atoms. The summed E-state index contributed by atoms with van der Waals surface area (Å²) in [5.41, 5.74) is 0.963. The standard InChI is InChI=1S/C16H16N2O5/c1-21-16(20)10-18-15(19)6-4-12(17-18)11-3-5-13-14(9-11)23-8-2-7-22-13/h3-6,9H,2,7-8,10H2,1H3. The summed E-state index contributed by atoms with van der Waals surface area (Å²) in [4.78, 5) is 23.1. The van der Waals surface area contributed by atoms with Crippen LogP contribution in [0.5, 0.6) is 11.5 Å². The maximum Gasteiger partial charge on any atom is 0.327 e. The quantitative estimate of drug-likeness (QED) is 0.793. The summed E-state index contributed by atoms with van der Waals surface area (Å²) in [6.07, 6.45) is 0.826. The van der Waals surface area contributed by atoms with Crippen molar-refractivity contribution in [1.29, 1.82) is 0 Å². The lowest BCUT2D eigenvalue weighted by Gasteiger charge is -2.10. The minimum absolute atomic E-state index is 0.228. The second-order valence-electron chi connectivity index (χ2n) is 5.00. The Morgan fingerprint density at radius 1 is 1.22 bits per heavy atom. The van der Waals surface area contributed by atoms with Crippen LogP contribution in [0.3, 0.4) is 0 Å². The Kier molecular flexibility index (Phi) is 4.27. The molecule has 7 heteroatoms. The minimum Gasteiger partial charge on any atom is -0.490 e. The molecule has 1 aliphatic heterocycles. The SMILES string of the molecule is COC(=O)Cn1nc(-c2ccc3c(c2)OCCCO3)ccc1=O. The van der Waals surface area contributed by atoms with E-state index in [0.717, 1.165) is 16.7 Å². The van der Waals surface area contributed by atoms with Crippen LogP contribution in [0.25, 0.3) is 11.3 Å². The van der Waals surface area contributed by atoms with Gasteiger partial charge in [-0.15, -0.1) is 0 Å². The highest BCUT2D eigenvalue weighted by Crippen LogP contribution is 2.33. The van der Waals surface area contributed by atoms with Crippen LogP contribution in [-0.4, -0.2) is 36.1 Å². The molecule has 2 aromatic rings. The van der Waals surface area contributed by atoms with E-state index in [0.29, 0.717) is 30.4 Å². The summed E-state index contributed by atoms with van der Waals surface area (Å²) in [6.45, 7) is 0.980. The van der Waals surface area contributed by atoms with Crippen LogP contribution >= 0.6 is 0 Å². The van der Waals surface area contributed by atoms with E-state index in [1.807, 2.05) is 18.2 Å². The third-order valence-corrected chi connectivity index (χ3v) is 3.42. The van der Waals surface area contributed by atoms with Crippen molar-refractivity contribution in [2.45, 2.75) is 13.0 Å². The molecule has 7 nitrogen and oxygen atoms in total. The minimum atomic E-state index is -0.532. The maximum atomic E-state index is 11.8. The second kappa shape index (κ2) is 6.51. The van der Waals surface area contributed by atoms with Crippen LogP contribution in [0.15, 0.2) is 35.1 Å². The summed E-state index contributed by atoms with van der Waals surface area (Å²) in [5, 5.41) is 4.21. The van der Waals surface area contributed by atoms with Gasteiger partial charge in [-0.2, -0.15) is 5.10 Å². The predicted molar refractivity (Wildman–Crippen MR) is 81.6 cm³/mol. The van der Waals surface area contributed by atoms with Gasteiger partial charge in [-0.1, -0.05) is 0 Å². The number of methoxy groups -OCH3 is 1. The Hall–Kier alpha value is -2.83. The molecule has 0 N–H and O–H groups in total. The second-order valence-corrected chi connectivity index (χ2v) is 5.00. The molecule has 0 aliphatic carbocycles. The van der Waals surface area contributed by atoms with Gasteiger partial charge in [0.1, 0.15) is 6.54 Å². The molecule has 0 amide bonds. The first-order valence-corrected chi connectivity index (χ1v) is 7.22. The van der Waals surface area contributed by atoms with Crippen molar-refractivity contribution in [3.05, 3.63) is 40.7 Å². The molecule has 0 atom stereocenters. The molecule has 1 aromatic heterocycles. The lowest BCUT2D eigenvalue weighted by atomic mass is 10.1. The fourth-order valence-corrected chi connectivity index (χ4v) is 2.23. The molecule has 1 aromatic carbocycles. The normalized spacial score (nSPS) is 13.3. The van der Waals surface area contributed by atoms with Gasteiger partial charge in [0, 0.05) is 18.1 Å². The molecule has 0 radical (unpaired) electrons. The fourth-order valence-electron chi connectivity index (χ4n) is 2.23. The average Bonchev–Trinajstić information content (AvgIpc) is 2.81.